The van der Waals surface area contributed by atoms with Gasteiger partial charge in [0.25, 0.3) is 5.91 Å². The van der Waals surface area contributed by atoms with Crippen molar-refractivity contribution in [1.29, 1.82) is 0 Å². The summed E-state index contributed by atoms with van der Waals surface area (Å²) in [5.41, 5.74) is 2.25. The Hall–Kier alpha value is -3.55. The molecule has 2 aliphatic rings. The van der Waals surface area contributed by atoms with E-state index in [1.54, 1.807) is 30.3 Å². The van der Waals surface area contributed by atoms with E-state index in [0.717, 1.165) is 30.0 Å². The molecule has 1 aromatic heterocycles. The predicted octanol–water partition coefficient (Wildman–Crippen LogP) is 2.95. The standard InChI is InChI=1S/C21H19FN4O3/c22-15-4-1-13(2-5-15)17-10-20(25-24-17)26-8-7-16(11-26)23-21(27)14-3-6-18-19(9-14)29-12-28-18/h1-6,9-10,16H,7-8,11-12H2,(H,23,27)(H,24,25). The van der Waals surface area contributed by atoms with Crippen molar-refractivity contribution in [2.45, 2.75) is 12.5 Å². The minimum Gasteiger partial charge on any atom is -0.454 e. The highest BCUT2D eigenvalue weighted by atomic mass is 19.1. The van der Waals surface area contributed by atoms with Crippen LogP contribution >= 0.6 is 0 Å². The maximum atomic E-state index is 13.1. The van der Waals surface area contributed by atoms with Gasteiger partial charge in [0.15, 0.2) is 17.3 Å². The number of hydrogen-bond donors (Lipinski definition) is 2. The highest BCUT2D eigenvalue weighted by Gasteiger charge is 2.26. The van der Waals surface area contributed by atoms with Crippen LogP contribution in [0.1, 0.15) is 16.8 Å². The molecule has 3 heterocycles. The molecule has 1 unspecified atom stereocenters. The zero-order valence-corrected chi connectivity index (χ0v) is 15.5. The molecule has 1 atom stereocenters. The van der Waals surface area contributed by atoms with Crippen LogP contribution in [0.5, 0.6) is 11.5 Å². The third kappa shape index (κ3) is 3.49. The average molecular weight is 394 g/mol. The summed E-state index contributed by atoms with van der Waals surface area (Å²) >= 11 is 0. The number of rotatable bonds is 4. The number of aromatic amines is 1. The molecule has 8 heteroatoms. The molecule has 7 nitrogen and oxygen atoms in total. The van der Waals surface area contributed by atoms with Gasteiger partial charge in [0.05, 0.1) is 5.69 Å². The van der Waals surface area contributed by atoms with E-state index in [0.29, 0.717) is 23.6 Å². The number of nitrogens with one attached hydrogen (secondary N) is 2. The van der Waals surface area contributed by atoms with E-state index in [1.165, 1.54) is 12.1 Å². The van der Waals surface area contributed by atoms with Gasteiger partial charge >= 0.3 is 0 Å². The first kappa shape index (κ1) is 17.5. The topological polar surface area (TPSA) is 79.5 Å². The first-order valence-corrected chi connectivity index (χ1v) is 9.42. The van der Waals surface area contributed by atoms with Crippen molar-refractivity contribution in [3.8, 4) is 22.8 Å². The summed E-state index contributed by atoms with van der Waals surface area (Å²) < 4.78 is 23.7. The van der Waals surface area contributed by atoms with Crippen LogP contribution in [0.4, 0.5) is 10.2 Å². The maximum Gasteiger partial charge on any atom is 0.251 e. The van der Waals surface area contributed by atoms with Crippen LogP contribution < -0.4 is 19.7 Å². The average Bonchev–Trinajstić information content (AvgIpc) is 3.48. The van der Waals surface area contributed by atoms with Crippen molar-refractivity contribution < 1.29 is 18.7 Å². The van der Waals surface area contributed by atoms with E-state index in [2.05, 4.69) is 20.4 Å². The zero-order valence-electron chi connectivity index (χ0n) is 15.5. The first-order valence-electron chi connectivity index (χ1n) is 9.42. The lowest BCUT2D eigenvalue weighted by atomic mass is 10.1. The fourth-order valence-electron chi connectivity index (χ4n) is 3.64. The number of nitrogens with zero attached hydrogens (tertiary/aromatic N) is 2. The fourth-order valence-corrected chi connectivity index (χ4v) is 3.64. The number of aromatic nitrogens is 2. The highest BCUT2D eigenvalue weighted by molar-refractivity contribution is 5.95. The van der Waals surface area contributed by atoms with Crippen LogP contribution in [0, 0.1) is 5.82 Å². The number of carbonyl (C=O) groups is 1. The first-order chi connectivity index (χ1) is 14.2. The monoisotopic (exact) mass is 394 g/mol. The molecule has 0 radical (unpaired) electrons. The molecule has 1 saturated heterocycles. The highest BCUT2D eigenvalue weighted by Crippen LogP contribution is 2.32. The Morgan fingerprint density at radius 1 is 1.14 bits per heavy atom. The van der Waals surface area contributed by atoms with Crippen LogP contribution in [0.3, 0.4) is 0 Å². The number of benzene rings is 2. The second-order valence-electron chi connectivity index (χ2n) is 7.12. The molecule has 0 bridgehead atoms. The van der Waals surface area contributed by atoms with Crippen molar-refractivity contribution in [3.63, 3.8) is 0 Å². The van der Waals surface area contributed by atoms with E-state index >= 15 is 0 Å². The molecule has 2 aromatic carbocycles. The molecule has 1 amide bonds. The number of amides is 1. The van der Waals surface area contributed by atoms with Crippen LogP contribution in [0.25, 0.3) is 11.3 Å². The van der Waals surface area contributed by atoms with Crippen molar-refractivity contribution in [3.05, 3.63) is 59.9 Å². The van der Waals surface area contributed by atoms with Gasteiger partial charge in [-0.05, 0) is 54.4 Å². The number of hydrogen-bond acceptors (Lipinski definition) is 5. The van der Waals surface area contributed by atoms with Gasteiger partial charge in [-0.25, -0.2) is 4.39 Å². The number of carbonyl (C=O) groups excluding carboxylic acids is 1. The van der Waals surface area contributed by atoms with Gasteiger partial charge in [0, 0.05) is 30.8 Å². The Balaban J connectivity index is 1.22. The lowest BCUT2D eigenvalue weighted by Gasteiger charge is -2.16. The normalized spacial score (nSPS) is 17.6. The Morgan fingerprint density at radius 2 is 1.97 bits per heavy atom. The lowest BCUT2D eigenvalue weighted by molar-refractivity contribution is 0.0940. The number of anilines is 1. The second-order valence-corrected chi connectivity index (χ2v) is 7.12. The van der Waals surface area contributed by atoms with E-state index in [-0.39, 0.29) is 24.6 Å². The van der Waals surface area contributed by atoms with E-state index in [4.69, 9.17) is 9.47 Å². The van der Waals surface area contributed by atoms with Gasteiger partial charge in [-0.3, -0.25) is 9.89 Å². The molecule has 2 aliphatic heterocycles. The summed E-state index contributed by atoms with van der Waals surface area (Å²) in [4.78, 5) is 14.7. The molecule has 5 rings (SSSR count). The van der Waals surface area contributed by atoms with Crippen LogP contribution in [0.15, 0.2) is 48.5 Å². The second kappa shape index (κ2) is 7.12. The fraction of sp³-hybridized carbons (Fsp3) is 0.238. The Morgan fingerprint density at radius 3 is 2.83 bits per heavy atom. The summed E-state index contributed by atoms with van der Waals surface area (Å²) in [7, 11) is 0. The molecule has 1 fully saturated rings. The van der Waals surface area contributed by atoms with Gasteiger partial charge in [0.1, 0.15) is 5.82 Å². The van der Waals surface area contributed by atoms with Crippen molar-refractivity contribution in [1.82, 2.24) is 15.5 Å². The van der Waals surface area contributed by atoms with Crippen LogP contribution in [-0.2, 0) is 0 Å². The van der Waals surface area contributed by atoms with Gasteiger partial charge in [-0.15, -0.1) is 0 Å². The van der Waals surface area contributed by atoms with Crippen LogP contribution in [-0.4, -0.2) is 42.0 Å². The molecule has 29 heavy (non-hydrogen) atoms. The quantitative estimate of drug-likeness (QED) is 0.711. The minimum atomic E-state index is -0.269. The third-order valence-electron chi connectivity index (χ3n) is 5.20. The third-order valence-corrected chi connectivity index (χ3v) is 5.20. The molecule has 0 spiro atoms. The van der Waals surface area contributed by atoms with Crippen molar-refractivity contribution in [2.24, 2.45) is 0 Å². The minimum absolute atomic E-state index is 0.0268. The smallest absolute Gasteiger partial charge is 0.251 e. The molecule has 148 valence electrons. The summed E-state index contributed by atoms with van der Waals surface area (Å²) in [6, 6.07) is 13.4. The molecular weight excluding hydrogens is 375 g/mol. The van der Waals surface area contributed by atoms with Crippen molar-refractivity contribution in [2.75, 3.05) is 24.8 Å². The Labute approximate surface area is 166 Å². The van der Waals surface area contributed by atoms with Gasteiger partial charge in [-0.2, -0.15) is 5.10 Å². The van der Waals surface area contributed by atoms with Gasteiger partial charge in [0.2, 0.25) is 6.79 Å². The molecular formula is C21H19FN4O3. The number of ether oxygens (including phenoxy) is 2. The summed E-state index contributed by atoms with van der Waals surface area (Å²) in [6.45, 7) is 1.64. The van der Waals surface area contributed by atoms with Crippen molar-refractivity contribution >= 4 is 11.7 Å². The van der Waals surface area contributed by atoms with E-state index in [1.807, 2.05) is 6.07 Å². The molecule has 0 saturated carbocycles. The maximum absolute atomic E-state index is 13.1. The summed E-state index contributed by atoms with van der Waals surface area (Å²) in [5, 5.41) is 10.4. The van der Waals surface area contributed by atoms with Crippen LogP contribution in [0.2, 0.25) is 0 Å². The number of halogens is 1. The summed E-state index contributed by atoms with van der Waals surface area (Å²) in [5.74, 6) is 1.65. The predicted molar refractivity (Wildman–Crippen MR) is 105 cm³/mol. The zero-order chi connectivity index (χ0) is 19.8. The molecule has 2 N–H and O–H groups in total. The van der Waals surface area contributed by atoms with E-state index < -0.39 is 0 Å². The van der Waals surface area contributed by atoms with Gasteiger partial charge < -0.3 is 19.7 Å². The Bertz CT molecular complexity index is 1050. The number of fused-ring (bicyclic) bond motifs is 1. The van der Waals surface area contributed by atoms with E-state index in [9.17, 15) is 9.18 Å². The largest absolute Gasteiger partial charge is 0.454 e. The number of H-pyrrole nitrogens is 1. The SMILES string of the molecule is O=C(NC1CCN(c2cc(-c3ccc(F)cc3)[nH]n2)C1)c1ccc2c(c1)OCO2. The summed E-state index contributed by atoms with van der Waals surface area (Å²) in [6.07, 6.45) is 0.828. The molecule has 0 aliphatic carbocycles. The Kier molecular flexibility index (Phi) is 4.31. The van der Waals surface area contributed by atoms with Gasteiger partial charge in [-0.1, -0.05) is 0 Å². The molecule has 3 aromatic rings. The lowest BCUT2D eigenvalue weighted by Crippen LogP contribution is -2.37.